The molecule has 28 heavy (non-hydrogen) atoms. The summed E-state index contributed by atoms with van der Waals surface area (Å²) in [5.41, 5.74) is 2.34. The third-order valence-electron chi connectivity index (χ3n) is 4.93. The highest BCUT2D eigenvalue weighted by Crippen LogP contribution is 2.40. The highest BCUT2D eigenvalue weighted by Gasteiger charge is 2.24. The molecule has 5 nitrogen and oxygen atoms in total. The Hall–Kier alpha value is -3.31. The summed E-state index contributed by atoms with van der Waals surface area (Å²) in [5.74, 6) is 0.745. The number of phenolic OH excluding ortho intramolecular Hbond substituents is 1. The Kier molecular flexibility index (Phi) is 4.53. The standard InChI is InChI=1S/C23H21NO4/c1-24(2)12-18-20-19(21(25)14-8-10-15(27-3)11-9-14)13-28-23(20)17-7-5-4-6-16(17)22(18)26/h4-11,13,26H,12H2,1-3H3/p+1. The molecule has 5 heteroatoms. The largest absolute Gasteiger partial charge is 0.507 e. The molecular formula is C23H22NO4+. The number of aromatic hydroxyl groups is 1. The lowest BCUT2D eigenvalue weighted by molar-refractivity contribution is -0.872. The van der Waals surface area contributed by atoms with E-state index in [9.17, 15) is 9.90 Å². The van der Waals surface area contributed by atoms with Crippen LogP contribution in [0, 0.1) is 0 Å². The quantitative estimate of drug-likeness (QED) is 0.525. The van der Waals surface area contributed by atoms with Crippen molar-refractivity contribution in [1.82, 2.24) is 0 Å². The van der Waals surface area contributed by atoms with Gasteiger partial charge in [0.05, 0.1) is 32.3 Å². The number of nitrogens with one attached hydrogen (secondary N) is 1. The predicted octanol–water partition coefficient (Wildman–Crippen LogP) is 3.18. The van der Waals surface area contributed by atoms with Crippen LogP contribution in [-0.2, 0) is 6.54 Å². The van der Waals surface area contributed by atoms with Crippen LogP contribution in [-0.4, -0.2) is 32.1 Å². The first-order valence-electron chi connectivity index (χ1n) is 9.12. The topological polar surface area (TPSA) is 64.1 Å². The molecule has 0 saturated heterocycles. The number of quaternary nitrogens is 1. The monoisotopic (exact) mass is 376 g/mol. The van der Waals surface area contributed by atoms with Crippen LogP contribution in [0.15, 0.2) is 59.2 Å². The summed E-state index contributed by atoms with van der Waals surface area (Å²) in [6, 6.07) is 14.5. The highest BCUT2D eigenvalue weighted by atomic mass is 16.5. The van der Waals surface area contributed by atoms with E-state index in [4.69, 9.17) is 9.15 Å². The average Bonchev–Trinajstić information content (AvgIpc) is 3.15. The molecule has 3 aromatic carbocycles. The molecule has 0 aliphatic rings. The van der Waals surface area contributed by atoms with Gasteiger partial charge in [0, 0.05) is 21.7 Å². The van der Waals surface area contributed by atoms with E-state index in [0.717, 1.165) is 21.2 Å². The first kappa shape index (κ1) is 18.1. The van der Waals surface area contributed by atoms with Gasteiger partial charge in [0.1, 0.15) is 29.9 Å². The molecule has 1 aromatic heterocycles. The summed E-state index contributed by atoms with van der Waals surface area (Å²) in [4.78, 5) is 14.4. The average molecular weight is 376 g/mol. The molecule has 1 heterocycles. The fraction of sp³-hybridized carbons (Fsp3) is 0.174. The second kappa shape index (κ2) is 7.02. The van der Waals surface area contributed by atoms with E-state index < -0.39 is 0 Å². The minimum Gasteiger partial charge on any atom is -0.507 e. The van der Waals surface area contributed by atoms with Crippen LogP contribution in [0.4, 0.5) is 0 Å². The number of ether oxygens (including phenoxy) is 1. The molecule has 0 atom stereocenters. The van der Waals surface area contributed by atoms with Gasteiger partial charge in [-0.05, 0) is 24.3 Å². The number of fused-ring (bicyclic) bond motifs is 3. The maximum atomic E-state index is 13.2. The number of rotatable bonds is 5. The van der Waals surface area contributed by atoms with Crippen molar-refractivity contribution in [1.29, 1.82) is 0 Å². The first-order chi connectivity index (χ1) is 13.5. The van der Waals surface area contributed by atoms with E-state index in [2.05, 4.69) is 0 Å². The molecule has 0 bridgehead atoms. The lowest BCUT2D eigenvalue weighted by Gasteiger charge is -2.13. The van der Waals surface area contributed by atoms with Crippen molar-refractivity contribution in [2.24, 2.45) is 0 Å². The van der Waals surface area contributed by atoms with Gasteiger partial charge in [-0.2, -0.15) is 0 Å². The smallest absolute Gasteiger partial charge is 0.196 e. The minimum absolute atomic E-state index is 0.147. The van der Waals surface area contributed by atoms with Gasteiger partial charge in [-0.3, -0.25) is 4.79 Å². The molecule has 0 spiro atoms. The summed E-state index contributed by atoms with van der Waals surface area (Å²) in [7, 11) is 5.60. The molecular weight excluding hydrogens is 354 g/mol. The Morgan fingerprint density at radius 1 is 1.07 bits per heavy atom. The van der Waals surface area contributed by atoms with E-state index >= 15 is 0 Å². The number of carbonyl (C=O) groups excluding carboxylic acids is 1. The zero-order valence-electron chi connectivity index (χ0n) is 16.1. The SMILES string of the molecule is COc1ccc(C(=O)c2coc3c2c(C[NH+](C)C)c(O)c2ccccc23)cc1. The Morgan fingerprint density at radius 2 is 1.75 bits per heavy atom. The Labute approximate surface area is 162 Å². The number of furan rings is 1. The third-order valence-corrected chi connectivity index (χ3v) is 4.93. The van der Waals surface area contributed by atoms with Crippen molar-refractivity contribution < 1.29 is 24.0 Å². The normalized spacial score (nSPS) is 11.4. The fourth-order valence-corrected chi connectivity index (χ4v) is 3.61. The third kappa shape index (κ3) is 2.90. The number of ketones is 1. The number of hydrogen-bond acceptors (Lipinski definition) is 4. The van der Waals surface area contributed by atoms with Gasteiger partial charge < -0.3 is 19.2 Å². The Bertz CT molecular complexity index is 1170. The lowest BCUT2D eigenvalue weighted by atomic mass is 9.95. The number of carbonyl (C=O) groups is 1. The van der Waals surface area contributed by atoms with Crippen LogP contribution in [0.3, 0.4) is 0 Å². The maximum Gasteiger partial charge on any atom is 0.196 e. The van der Waals surface area contributed by atoms with Gasteiger partial charge in [0.2, 0.25) is 0 Å². The minimum atomic E-state index is -0.147. The summed E-state index contributed by atoms with van der Waals surface area (Å²) >= 11 is 0. The van der Waals surface area contributed by atoms with Crippen molar-refractivity contribution in [2.75, 3.05) is 21.2 Å². The molecule has 0 fully saturated rings. The summed E-state index contributed by atoms with van der Waals surface area (Å²) in [6.45, 7) is 0.565. The van der Waals surface area contributed by atoms with Gasteiger partial charge in [-0.15, -0.1) is 0 Å². The van der Waals surface area contributed by atoms with Gasteiger partial charge >= 0.3 is 0 Å². The molecule has 0 saturated carbocycles. The van der Waals surface area contributed by atoms with Crippen molar-refractivity contribution in [3.05, 3.63) is 71.5 Å². The summed E-state index contributed by atoms with van der Waals surface area (Å²) in [5, 5.41) is 13.2. The van der Waals surface area contributed by atoms with E-state index in [1.54, 1.807) is 31.4 Å². The van der Waals surface area contributed by atoms with E-state index in [1.165, 1.54) is 6.26 Å². The molecule has 4 rings (SSSR count). The number of methoxy groups -OCH3 is 1. The van der Waals surface area contributed by atoms with Crippen molar-refractivity contribution in [3.8, 4) is 11.5 Å². The Balaban J connectivity index is 1.97. The van der Waals surface area contributed by atoms with Gasteiger partial charge in [0.25, 0.3) is 0 Å². The molecule has 0 radical (unpaired) electrons. The van der Waals surface area contributed by atoms with Gasteiger partial charge in [0.15, 0.2) is 5.78 Å². The molecule has 0 amide bonds. The first-order valence-corrected chi connectivity index (χ1v) is 9.12. The second-order valence-electron chi connectivity index (χ2n) is 7.17. The van der Waals surface area contributed by atoms with E-state index in [0.29, 0.717) is 34.4 Å². The van der Waals surface area contributed by atoms with Crippen LogP contribution < -0.4 is 9.64 Å². The number of phenols is 1. The molecule has 0 aliphatic carbocycles. The van der Waals surface area contributed by atoms with Gasteiger partial charge in [-0.1, -0.05) is 24.3 Å². The number of hydrogen-bond donors (Lipinski definition) is 2. The van der Waals surface area contributed by atoms with Crippen LogP contribution in [0.1, 0.15) is 21.5 Å². The van der Waals surface area contributed by atoms with Crippen LogP contribution in [0.5, 0.6) is 11.5 Å². The van der Waals surface area contributed by atoms with Gasteiger partial charge in [-0.25, -0.2) is 0 Å². The second-order valence-corrected chi connectivity index (χ2v) is 7.17. The lowest BCUT2D eigenvalue weighted by Crippen LogP contribution is -3.04. The van der Waals surface area contributed by atoms with Crippen LogP contribution >= 0.6 is 0 Å². The zero-order valence-corrected chi connectivity index (χ0v) is 16.1. The van der Waals surface area contributed by atoms with E-state index in [1.807, 2.05) is 38.4 Å². The molecule has 0 aliphatic heterocycles. The summed E-state index contributed by atoms with van der Waals surface area (Å²) in [6.07, 6.45) is 1.50. The van der Waals surface area contributed by atoms with Crippen molar-refractivity contribution in [2.45, 2.75) is 6.54 Å². The van der Waals surface area contributed by atoms with E-state index in [-0.39, 0.29) is 11.5 Å². The molecule has 2 N–H and O–H groups in total. The fourth-order valence-electron chi connectivity index (χ4n) is 3.61. The predicted molar refractivity (Wildman–Crippen MR) is 108 cm³/mol. The molecule has 142 valence electrons. The highest BCUT2D eigenvalue weighted by molar-refractivity contribution is 6.21. The molecule has 4 aromatic rings. The maximum absolute atomic E-state index is 13.2. The number of benzene rings is 3. The van der Waals surface area contributed by atoms with Crippen LogP contribution in [0.2, 0.25) is 0 Å². The zero-order chi connectivity index (χ0) is 19.8. The van der Waals surface area contributed by atoms with Crippen molar-refractivity contribution in [3.63, 3.8) is 0 Å². The van der Waals surface area contributed by atoms with Crippen LogP contribution in [0.25, 0.3) is 21.7 Å². The summed E-state index contributed by atoms with van der Waals surface area (Å²) < 4.78 is 11.0. The Morgan fingerprint density at radius 3 is 2.39 bits per heavy atom. The van der Waals surface area contributed by atoms with Crippen molar-refractivity contribution >= 4 is 27.5 Å². The molecule has 0 unspecified atom stereocenters.